The average molecular weight is 556 g/mol. The number of benzene rings is 1. The van der Waals surface area contributed by atoms with Crippen molar-refractivity contribution >= 4 is 24.4 Å². The minimum absolute atomic E-state index is 0.0395. The van der Waals surface area contributed by atoms with Gasteiger partial charge in [-0.25, -0.2) is 14.4 Å². The predicted octanol–water partition coefficient (Wildman–Crippen LogP) is 5.24. The Kier molecular flexibility index (Phi) is 13.0. The monoisotopic (exact) mass is 555 g/mol. The van der Waals surface area contributed by atoms with E-state index >= 15 is 0 Å². The molecular formula is C27H41NO11. The van der Waals surface area contributed by atoms with Crippen LogP contribution >= 0.6 is 0 Å². The molecule has 0 aliphatic rings. The van der Waals surface area contributed by atoms with Gasteiger partial charge in [-0.2, -0.15) is 0 Å². The molecule has 0 aliphatic carbocycles. The maximum atomic E-state index is 12.5. The fraction of sp³-hybridized carbons (Fsp3) is 0.630. The van der Waals surface area contributed by atoms with Crippen LogP contribution in [0.15, 0.2) is 18.2 Å². The fourth-order valence-corrected chi connectivity index (χ4v) is 2.81. The molecule has 0 heterocycles. The Balaban J connectivity index is 3.12. The minimum atomic E-state index is -1.16. The quantitative estimate of drug-likeness (QED) is 0.175. The van der Waals surface area contributed by atoms with Gasteiger partial charge in [-0.3, -0.25) is 4.79 Å². The molecule has 1 rings (SSSR count). The molecule has 0 fully saturated rings. The highest BCUT2D eigenvalue weighted by Gasteiger charge is 2.27. The number of aliphatic carboxylic acids is 1. The number of nitrogens with one attached hydrogen (secondary N) is 1. The maximum absolute atomic E-state index is 12.5. The molecule has 39 heavy (non-hydrogen) atoms. The van der Waals surface area contributed by atoms with Gasteiger partial charge < -0.3 is 38.8 Å². The van der Waals surface area contributed by atoms with Crippen molar-refractivity contribution < 1.29 is 52.7 Å². The Morgan fingerprint density at radius 1 is 0.872 bits per heavy atom. The van der Waals surface area contributed by atoms with Crippen LogP contribution in [0.25, 0.3) is 0 Å². The summed E-state index contributed by atoms with van der Waals surface area (Å²) in [6.45, 7) is 14.0. The average Bonchev–Trinajstić information content (AvgIpc) is 2.82. The predicted molar refractivity (Wildman–Crippen MR) is 140 cm³/mol. The second-order valence-corrected chi connectivity index (χ2v) is 10.0. The van der Waals surface area contributed by atoms with Gasteiger partial charge in [0.2, 0.25) is 0 Å². The van der Waals surface area contributed by atoms with Crippen molar-refractivity contribution in [3.63, 3.8) is 0 Å². The van der Waals surface area contributed by atoms with Gasteiger partial charge in [0, 0.05) is 6.54 Å². The molecule has 1 unspecified atom stereocenters. The Hall–Kier alpha value is -3.54. The summed E-state index contributed by atoms with van der Waals surface area (Å²) in [5, 5.41) is 12.5. The first kappa shape index (κ1) is 33.5. The minimum Gasteiger partial charge on any atom is -0.480 e. The van der Waals surface area contributed by atoms with Crippen LogP contribution in [-0.4, -0.2) is 66.0 Å². The first-order valence-electron chi connectivity index (χ1n) is 12.9. The van der Waals surface area contributed by atoms with E-state index < -0.39 is 47.8 Å². The van der Waals surface area contributed by atoms with E-state index in [0.717, 1.165) is 0 Å². The van der Waals surface area contributed by atoms with Gasteiger partial charge in [0.05, 0.1) is 6.61 Å². The van der Waals surface area contributed by atoms with Gasteiger partial charge in [-0.15, -0.1) is 0 Å². The van der Waals surface area contributed by atoms with Crippen LogP contribution in [0, 0.1) is 0 Å². The van der Waals surface area contributed by atoms with Crippen LogP contribution in [0.2, 0.25) is 0 Å². The molecule has 1 aromatic rings. The van der Waals surface area contributed by atoms with Gasteiger partial charge in [-0.1, -0.05) is 19.9 Å². The van der Waals surface area contributed by atoms with Crippen LogP contribution in [0.4, 0.5) is 14.4 Å². The van der Waals surface area contributed by atoms with Gasteiger partial charge in [0.1, 0.15) is 23.3 Å². The third kappa shape index (κ3) is 12.7. The Morgan fingerprint density at radius 3 is 1.90 bits per heavy atom. The van der Waals surface area contributed by atoms with Gasteiger partial charge in [0.15, 0.2) is 11.5 Å². The largest absolute Gasteiger partial charge is 0.514 e. The summed E-state index contributed by atoms with van der Waals surface area (Å²) in [4.78, 5) is 48.2. The van der Waals surface area contributed by atoms with Gasteiger partial charge in [0.25, 0.3) is 0 Å². The summed E-state index contributed by atoms with van der Waals surface area (Å²) in [6, 6.07) is 3.19. The lowest BCUT2D eigenvalue weighted by Crippen LogP contribution is -2.42. The fourth-order valence-electron chi connectivity index (χ4n) is 2.81. The number of carboxylic acid groups (broad SMARTS) is 1. The molecule has 220 valence electrons. The van der Waals surface area contributed by atoms with Crippen LogP contribution < -0.4 is 14.8 Å². The van der Waals surface area contributed by atoms with E-state index in [9.17, 15) is 24.3 Å². The van der Waals surface area contributed by atoms with Crippen molar-refractivity contribution in [2.24, 2.45) is 0 Å². The van der Waals surface area contributed by atoms with Crippen molar-refractivity contribution in [1.29, 1.82) is 0 Å². The van der Waals surface area contributed by atoms with E-state index in [4.69, 9.17) is 28.4 Å². The maximum Gasteiger partial charge on any atom is 0.514 e. The molecule has 0 amide bonds. The number of hydrogen-bond acceptors (Lipinski definition) is 11. The highest BCUT2D eigenvalue weighted by atomic mass is 16.8. The number of hydrogen-bond donors (Lipinski definition) is 2. The second kappa shape index (κ2) is 15.2. The van der Waals surface area contributed by atoms with E-state index in [-0.39, 0.29) is 31.1 Å². The summed E-state index contributed by atoms with van der Waals surface area (Å²) in [7, 11) is 0. The SMILES string of the molecule is CCOC(=O)OC(C)CN[C@@H](Cc1ccc(OC(=O)OC(C)(C)CC)c(OC(=O)OC(C)(C)CC)c1)C(=O)O. The van der Waals surface area contributed by atoms with Crippen molar-refractivity contribution in [3.05, 3.63) is 23.8 Å². The molecule has 12 nitrogen and oxygen atoms in total. The normalized spacial score (nSPS) is 13.0. The zero-order chi connectivity index (χ0) is 29.8. The van der Waals surface area contributed by atoms with Crippen molar-refractivity contribution in [1.82, 2.24) is 5.32 Å². The summed E-state index contributed by atoms with van der Waals surface area (Å²) in [6.07, 6.45) is -2.51. The highest BCUT2D eigenvalue weighted by Crippen LogP contribution is 2.31. The Labute approximate surface area is 229 Å². The number of carbonyl (C=O) groups is 4. The second-order valence-electron chi connectivity index (χ2n) is 10.0. The Morgan fingerprint density at radius 2 is 1.41 bits per heavy atom. The summed E-state index contributed by atoms with van der Waals surface area (Å²) in [5.41, 5.74) is -1.14. The van der Waals surface area contributed by atoms with Gasteiger partial charge >= 0.3 is 24.4 Å². The molecule has 0 bridgehead atoms. The lowest BCUT2D eigenvalue weighted by molar-refractivity contribution is -0.139. The van der Waals surface area contributed by atoms with Crippen molar-refractivity contribution in [2.45, 2.75) is 98.0 Å². The lowest BCUT2D eigenvalue weighted by Gasteiger charge is -2.24. The van der Waals surface area contributed by atoms with E-state index in [1.54, 1.807) is 41.5 Å². The van der Waals surface area contributed by atoms with Gasteiger partial charge in [-0.05, 0) is 78.5 Å². The van der Waals surface area contributed by atoms with E-state index in [0.29, 0.717) is 18.4 Å². The van der Waals surface area contributed by atoms with Crippen molar-refractivity contribution in [3.8, 4) is 11.5 Å². The molecular weight excluding hydrogens is 514 g/mol. The first-order valence-corrected chi connectivity index (χ1v) is 12.9. The van der Waals surface area contributed by atoms with Crippen LogP contribution in [0.3, 0.4) is 0 Å². The zero-order valence-electron chi connectivity index (χ0n) is 24.0. The number of rotatable bonds is 14. The zero-order valence-corrected chi connectivity index (χ0v) is 24.0. The molecule has 2 atom stereocenters. The summed E-state index contributed by atoms with van der Waals surface area (Å²) >= 11 is 0. The van der Waals surface area contributed by atoms with Crippen LogP contribution in [-0.2, 0) is 30.2 Å². The Bertz CT molecular complexity index is 990. The molecule has 0 saturated carbocycles. The highest BCUT2D eigenvalue weighted by molar-refractivity contribution is 5.74. The smallest absolute Gasteiger partial charge is 0.480 e. The lowest BCUT2D eigenvalue weighted by atomic mass is 10.0. The number of carboxylic acids is 1. The van der Waals surface area contributed by atoms with E-state index in [1.807, 2.05) is 13.8 Å². The topological polar surface area (TPSA) is 156 Å². The molecule has 0 radical (unpaired) electrons. The first-order chi connectivity index (χ1) is 18.1. The molecule has 2 N–H and O–H groups in total. The molecule has 0 aliphatic heterocycles. The van der Waals surface area contributed by atoms with E-state index in [1.165, 1.54) is 18.2 Å². The van der Waals surface area contributed by atoms with E-state index in [2.05, 4.69) is 5.32 Å². The van der Waals surface area contributed by atoms with Crippen molar-refractivity contribution in [2.75, 3.05) is 13.2 Å². The summed E-state index contributed by atoms with van der Waals surface area (Å²) < 4.78 is 31.0. The number of carbonyl (C=O) groups excluding carboxylic acids is 3. The number of ether oxygens (including phenoxy) is 6. The standard InChI is InChI=1S/C27H41NO11/c1-9-26(5,6)38-24(32)36-20-13-12-18(15-21(20)37-25(33)39-27(7,8)10-2)14-19(22(29)30)28-16-17(4)35-23(31)34-11-3/h12-13,15,17,19,28H,9-11,14,16H2,1-8H3,(H,29,30)/t17?,19-/m0/s1. The molecule has 0 aromatic heterocycles. The third-order valence-electron chi connectivity index (χ3n) is 5.77. The third-order valence-corrected chi connectivity index (χ3v) is 5.77. The molecule has 0 spiro atoms. The van der Waals surface area contributed by atoms with Crippen LogP contribution in [0.1, 0.15) is 73.8 Å². The molecule has 0 saturated heterocycles. The summed E-state index contributed by atoms with van der Waals surface area (Å²) in [5.74, 6) is -1.42. The molecule has 1 aromatic carbocycles. The molecule has 12 heteroatoms. The van der Waals surface area contributed by atoms with Crippen LogP contribution in [0.5, 0.6) is 11.5 Å².